The second kappa shape index (κ2) is 8.12. The maximum absolute atomic E-state index is 12.6. The molecule has 1 aliphatic heterocycles. The number of carbonyl (C=O) groups excluding carboxylic acids is 3. The lowest BCUT2D eigenvalue weighted by molar-refractivity contribution is -0.122. The zero-order chi connectivity index (χ0) is 20.3. The van der Waals surface area contributed by atoms with E-state index < -0.39 is 5.92 Å². The highest BCUT2D eigenvalue weighted by molar-refractivity contribution is 6.04. The number of methoxy groups -OCH3 is 1. The normalized spacial score (nSPS) is 16.0. The number of nitrogens with one attached hydrogen (secondary N) is 2. The zero-order valence-electron chi connectivity index (χ0n) is 16.1. The monoisotopic (exact) mass is 381 g/mol. The van der Waals surface area contributed by atoms with E-state index in [-0.39, 0.29) is 24.1 Å². The van der Waals surface area contributed by atoms with Gasteiger partial charge in [0.25, 0.3) is 0 Å². The van der Waals surface area contributed by atoms with Crippen LogP contribution in [0.4, 0.5) is 17.1 Å². The van der Waals surface area contributed by atoms with Gasteiger partial charge in [0, 0.05) is 31.3 Å². The SMILES string of the molecule is COc1ccc(C)cc1N1C[C@H](C(=O)Nc2ccc(NC(C)=O)cc2)CC1=O. The Morgan fingerprint density at radius 2 is 1.71 bits per heavy atom. The van der Waals surface area contributed by atoms with Crippen molar-refractivity contribution in [2.45, 2.75) is 20.3 Å². The number of benzene rings is 2. The van der Waals surface area contributed by atoms with Crippen LogP contribution in [0.2, 0.25) is 0 Å². The highest BCUT2D eigenvalue weighted by Gasteiger charge is 2.36. The number of rotatable bonds is 5. The van der Waals surface area contributed by atoms with Gasteiger partial charge in [-0.05, 0) is 48.9 Å². The van der Waals surface area contributed by atoms with Crippen LogP contribution in [0.3, 0.4) is 0 Å². The first-order valence-corrected chi connectivity index (χ1v) is 9.01. The van der Waals surface area contributed by atoms with Crippen molar-refractivity contribution in [2.75, 3.05) is 29.2 Å². The summed E-state index contributed by atoms with van der Waals surface area (Å²) in [4.78, 5) is 37.8. The first-order valence-electron chi connectivity index (χ1n) is 9.01. The van der Waals surface area contributed by atoms with E-state index >= 15 is 0 Å². The van der Waals surface area contributed by atoms with E-state index in [1.165, 1.54) is 6.92 Å². The topological polar surface area (TPSA) is 87.7 Å². The van der Waals surface area contributed by atoms with Crippen LogP contribution < -0.4 is 20.3 Å². The number of aryl methyl sites for hydroxylation is 1. The summed E-state index contributed by atoms with van der Waals surface area (Å²) in [5.74, 6) is -0.325. The molecule has 28 heavy (non-hydrogen) atoms. The summed E-state index contributed by atoms with van der Waals surface area (Å²) in [5.41, 5.74) is 2.95. The predicted octanol–water partition coefficient (Wildman–Crippen LogP) is 2.95. The number of amides is 3. The van der Waals surface area contributed by atoms with Gasteiger partial charge in [-0.25, -0.2) is 0 Å². The molecule has 1 fully saturated rings. The summed E-state index contributed by atoms with van der Waals surface area (Å²) in [5, 5.41) is 5.51. The summed E-state index contributed by atoms with van der Waals surface area (Å²) >= 11 is 0. The molecule has 0 aliphatic carbocycles. The second-order valence-corrected chi connectivity index (χ2v) is 6.83. The first kappa shape index (κ1) is 19.4. The Bertz CT molecular complexity index is 908. The highest BCUT2D eigenvalue weighted by atomic mass is 16.5. The van der Waals surface area contributed by atoms with Crippen LogP contribution >= 0.6 is 0 Å². The molecular formula is C21H23N3O4. The third-order valence-electron chi connectivity index (χ3n) is 4.59. The molecule has 1 aliphatic rings. The molecule has 2 aromatic rings. The van der Waals surface area contributed by atoms with Crippen LogP contribution in [-0.4, -0.2) is 31.4 Å². The Labute approximate surface area is 163 Å². The van der Waals surface area contributed by atoms with Crippen molar-refractivity contribution < 1.29 is 19.1 Å². The molecule has 2 aromatic carbocycles. The number of ether oxygens (including phenoxy) is 1. The van der Waals surface area contributed by atoms with Crippen molar-refractivity contribution in [3.05, 3.63) is 48.0 Å². The van der Waals surface area contributed by atoms with Crippen LogP contribution in [-0.2, 0) is 14.4 Å². The third kappa shape index (κ3) is 4.31. The van der Waals surface area contributed by atoms with Gasteiger partial charge in [0.15, 0.2) is 0 Å². The van der Waals surface area contributed by atoms with E-state index in [9.17, 15) is 14.4 Å². The van der Waals surface area contributed by atoms with Crippen LogP contribution in [0.15, 0.2) is 42.5 Å². The summed E-state index contributed by atoms with van der Waals surface area (Å²) in [6.45, 7) is 3.68. The van der Waals surface area contributed by atoms with Gasteiger partial charge in [0.05, 0.1) is 18.7 Å². The Kier molecular flexibility index (Phi) is 5.63. The summed E-state index contributed by atoms with van der Waals surface area (Å²) < 4.78 is 5.37. The fraction of sp³-hybridized carbons (Fsp3) is 0.286. The van der Waals surface area contributed by atoms with Gasteiger partial charge in [-0.3, -0.25) is 14.4 Å². The van der Waals surface area contributed by atoms with E-state index in [4.69, 9.17) is 4.74 Å². The molecule has 0 unspecified atom stereocenters. The van der Waals surface area contributed by atoms with Gasteiger partial charge < -0.3 is 20.3 Å². The lowest BCUT2D eigenvalue weighted by atomic mass is 10.1. The molecule has 7 heteroatoms. The minimum Gasteiger partial charge on any atom is -0.495 e. The van der Waals surface area contributed by atoms with Crippen LogP contribution in [0.1, 0.15) is 18.9 Å². The fourth-order valence-corrected chi connectivity index (χ4v) is 3.21. The van der Waals surface area contributed by atoms with Crippen molar-refractivity contribution in [2.24, 2.45) is 5.92 Å². The lowest BCUT2D eigenvalue weighted by Crippen LogP contribution is -2.28. The summed E-state index contributed by atoms with van der Waals surface area (Å²) in [7, 11) is 1.56. The van der Waals surface area contributed by atoms with Gasteiger partial charge in [-0.2, -0.15) is 0 Å². The zero-order valence-corrected chi connectivity index (χ0v) is 16.1. The van der Waals surface area contributed by atoms with Crippen molar-refractivity contribution >= 4 is 34.8 Å². The van der Waals surface area contributed by atoms with Crippen molar-refractivity contribution in [3.8, 4) is 5.75 Å². The predicted molar refractivity (Wildman–Crippen MR) is 108 cm³/mol. The van der Waals surface area contributed by atoms with Crippen LogP contribution in [0.25, 0.3) is 0 Å². The standard InChI is InChI=1S/C21H23N3O4/c1-13-4-9-19(28-3)18(10-13)24-12-15(11-20(24)26)21(27)23-17-7-5-16(6-8-17)22-14(2)25/h4-10,15H,11-12H2,1-3H3,(H,22,25)(H,23,27)/t15-/m1/s1. The van der Waals surface area contributed by atoms with Crippen molar-refractivity contribution in [1.82, 2.24) is 0 Å². The number of anilines is 3. The second-order valence-electron chi connectivity index (χ2n) is 6.83. The van der Waals surface area contributed by atoms with Crippen LogP contribution in [0, 0.1) is 12.8 Å². The molecule has 1 saturated heterocycles. The molecule has 0 spiro atoms. The van der Waals surface area contributed by atoms with Gasteiger partial charge in [0.1, 0.15) is 5.75 Å². The smallest absolute Gasteiger partial charge is 0.229 e. The average molecular weight is 381 g/mol. The number of hydrogen-bond acceptors (Lipinski definition) is 4. The fourth-order valence-electron chi connectivity index (χ4n) is 3.21. The summed E-state index contributed by atoms with van der Waals surface area (Å²) in [6, 6.07) is 12.5. The molecule has 146 valence electrons. The van der Waals surface area contributed by atoms with Gasteiger partial charge >= 0.3 is 0 Å². The molecule has 0 saturated carbocycles. The van der Waals surface area contributed by atoms with Gasteiger partial charge in [0.2, 0.25) is 17.7 Å². The van der Waals surface area contributed by atoms with E-state index in [0.717, 1.165) is 5.56 Å². The Balaban J connectivity index is 1.69. The van der Waals surface area contributed by atoms with Gasteiger partial charge in [-0.15, -0.1) is 0 Å². The largest absolute Gasteiger partial charge is 0.495 e. The van der Waals surface area contributed by atoms with Crippen LogP contribution in [0.5, 0.6) is 5.75 Å². The Morgan fingerprint density at radius 1 is 1.07 bits per heavy atom. The molecular weight excluding hydrogens is 358 g/mol. The van der Waals surface area contributed by atoms with Gasteiger partial charge in [-0.1, -0.05) is 6.07 Å². The van der Waals surface area contributed by atoms with E-state index in [2.05, 4.69) is 10.6 Å². The maximum Gasteiger partial charge on any atom is 0.229 e. The molecule has 0 radical (unpaired) electrons. The highest BCUT2D eigenvalue weighted by Crippen LogP contribution is 2.34. The summed E-state index contributed by atoms with van der Waals surface area (Å²) in [6.07, 6.45) is 0.146. The molecule has 1 atom stereocenters. The maximum atomic E-state index is 12.6. The molecule has 7 nitrogen and oxygen atoms in total. The van der Waals surface area contributed by atoms with Crippen molar-refractivity contribution in [1.29, 1.82) is 0 Å². The quantitative estimate of drug-likeness (QED) is 0.834. The molecule has 1 heterocycles. The molecule has 0 aromatic heterocycles. The average Bonchev–Trinajstić information content (AvgIpc) is 3.04. The van der Waals surface area contributed by atoms with E-state index in [0.29, 0.717) is 29.4 Å². The Morgan fingerprint density at radius 3 is 2.32 bits per heavy atom. The minimum atomic E-state index is -0.451. The lowest BCUT2D eigenvalue weighted by Gasteiger charge is -2.20. The molecule has 2 N–H and O–H groups in total. The number of nitrogens with zero attached hydrogens (tertiary/aromatic N) is 1. The number of hydrogen-bond donors (Lipinski definition) is 2. The Hall–Kier alpha value is -3.35. The van der Waals surface area contributed by atoms with E-state index in [1.807, 2.05) is 25.1 Å². The van der Waals surface area contributed by atoms with Crippen molar-refractivity contribution in [3.63, 3.8) is 0 Å². The minimum absolute atomic E-state index is 0.106. The molecule has 3 rings (SSSR count). The molecule has 0 bridgehead atoms. The molecule has 3 amide bonds. The first-order chi connectivity index (χ1) is 13.4. The van der Waals surface area contributed by atoms with E-state index in [1.54, 1.807) is 36.3 Å². The number of carbonyl (C=O) groups is 3. The third-order valence-corrected chi connectivity index (χ3v) is 4.59.